The van der Waals surface area contributed by atoms with Gasteiger partial charge in [0.2, 0.25) is 11.8 Å². The molecule has 2 amide bonds. The summed E-state index contributed by atoms with van der Waals surface area (Å²) >= 11 is 1.76. The highest BCUT2D eigenvalue weighted by Crippen LogP contribution is 2.30. The van der Waals surface area contributed by atoms with Gasteiger partial charge in [-0.2, -0.15) is 0 Å². The monoisotopic (exact) mass is 270 g/mol. The molecule has 2 fully saturated rings. The number of carbonyl (C=O) groups is 2. The van der Waals surface area contributed by atoms with E-state index in [-0.39, 0.29) is 17.9 Å². The Balaban J connectivity index is 1.83. The number of nitrogens with zero attached hydrogens (tertiary/aromatic N) is 1. The number of piperidine rings is 1. The van der Waals surface area contributed by atoms with E-state index in [9.17, 15) is 9.59 Å². The minimum Gasteiger partial charge on any atom is -0.368 e. The molecule has 4 nitrogen and oxygen atoms in total. The summed E-state index contributed by atoms with van der Waals surface area (Å²) in [5.74, 6) is 0.248. The minimum absolute atomic E-state index is 0.0930. The first-order valence-corrected chi connectivity index (χ1v) is 7.94. The standard InChI is InChI=1S/C13H22N2O2S/c14-13(17)11-7-3-4-8-15(11)12(16)9-18-10-5-1-2-6-10/h10-11H,1-9H2,(H2,14,17)/t11-/m0/s1. The Morgan fingerprint density at radius 3 is 2.44 bits per heavy atom. The second-order valence-corrected chi connectivity index (χ2v) is 6.51. The van der Waals surface area contributed by atoms with Crippen molar-refractivity contribution in [3.63, 3.8) is 0 Å². The predicted octanol–water partition coefficient (Wildman–Crippen LogP) is 1.53. The van der Waals surface area contributed by atoms with Crippen LogP contribution in [-0.4, -0.2) is 40.3 Å². The van der Waals surface area contributed by atoms with Gasteiger partial charge in [0.25, 0.3) is 0 Å². The molecule has 0 aromatic carbocycles. The average Bonchev–Trinajstić information content (AvgIpc) is 2.89. The number of thioether (sulfide) groups is 1. The maximum Gasteiger partial charge on any atom is 0.240 e. The van der Waals surface area contributed by atoms with Crippen molar-refractivity contribution in [2.24, 2.45) is 5.73 Å². The van der Waals surface area contributed by atoms with Gasteiger partial charge in [-0.05, 0) is 32.1 Å². The summed E-state index contributed by atoms with van der Waals surface area (Å²) in [5.41, 5.74) is 5.37. The fourth-order valence-corrected chi connectivity index (χ4v) is 4.06. The highest BCUT2D eigenvalue weighted by molar-refractivity contribution is 8.00. The highest BCUT2D eigenvalue weighted by atomic mass is 32.2. The number of likely N-dealkylation sites (tertiary alicyclic amines) is 1. The quantitative estimate of drug-likeness (QED) is 0.842. The van der Waals surface area contributed by atoms with Crippen molar-refractivity contribution in [2.45, 2.75) is 56.2 Å². The Hall–Kier alpha value is -0.710. The van der Waals surface area contributed by atoms with Crippen LogP contribution in [0.2, 0.25) is 0 Å². The zero-order valence-corrected chi connectivity index (χ0v) is 11.6. The van der Waals surface area contributed by atoms with Gasteiger partial charge in [0.05, 0.1) is 5.75 Å². The molecule has 1 heterocycles. The lowest BCUT2D eigenvalue weighted by Crippen LogP contribution is -2.51. The Kier molecular flexibility index (Phi) is 4.92. The van der Waals surface area contributed by atoms with Gasteiger partial charge in [-0.15, -0.1) is 11.8 Å². The Bertz CT molecular complexity index is 316. The smallest absolute Gasteiger partial charge is 0.240 e. The molecule has 18 heavy (non-hydrogen) atoms. The molecule has 1 atom stereocenters. The van der Waals surface area contributed by atoms with Crippen molar-refractivity contribution in [2.75, 3.05) is 12.3 Å². The summed E-state index contributed by atoms with van der Waals surface area (Å²) in [5, 5.41) is 0.644. The van der Waals surface area contributed by atoms with E-state index in [4.69, 9.17) is 5.73 Å². The number of amides is 2. The maximum absolute atomic E-state index is 12.2. The number of carbonyl (C=O) groups excluding carboxylic acids is 2. The van der Waals surface area contributed by atoms with Crippen molar-refractivity contribution in [3.05, 3.63) is 0 Å². The lowest BCUT2D eigenvalue weighted by Gasteiger charge is -2.33. The number of hydrogen-bond donors (Lipinski definition) is 1. The number of nitrogens with two attached hydrogens (primary N) is 1. The summed E-state index contributed by atoms with van der Waals surface area (Å²) in [4.78, 5) is 25.2. The molecule has 2 N–H and O–H groups in total. The van der Waals surface area contributed by atoms with Crippen LogP contribution in [-0.2, 0) is 9.59 Å². The molecule has 5 heteroatoms. The van der Waals surface area contributed by atoms with E-state index >= 15 is 0 Å². The fourth-order valence-electron chi connectivity index (χ4n) is 2.85. The molecule has 0 spiro atoms. The molecule has 0 aromatic heterocycles. The van der Waals surface area contributed by atoms with Gasteiger partial charge in [0.1, 0.15) is 6.04 Å². The van der Waals surface area contributed by atoms with Gasteiger partial charge in [0, 0.05) is 11.8 Å². The largest absolute Gasteiger partial charge is 0.368 e. The van der Waals surface area contributed by atoms with E-state index < -0.39 is 0 Å². The number of hydrogen-bond acceptors (Lipinski definition) is 3. The average molecular weight is 270 g/mol. The van der Waals surface area contributed by atoms with Gasteiger partial charge < -0.3 is 10.6 Å². The van der Waals surface area contributed by atoms with Gasteiger partial charge in [-0.1, -0.05) is 12.8 Å². The molecule has 1 saturated heterocycles. The summed E-state index contributed by atoms with van der Waals surface area (Å²) in [6.07, 6.45) is 7.76. The SMILES string of the molecule is NC(=O)[C@@H]1CCCCN1C(=O)CSC1CCCC1. The Morgan fingerprint density at radius 1 is 1.11 bits per heavy atom. The number of rotatable bonds is 4. The van der Waals surface area contributed by atoms with E-state index in [1.165, 1.54) is 25.7 Å². The van der Waals surface area contributed by atoms with Crippen LogP contribution < -0.4 is 5.73 Å². The second kappa shape index (κ2) is 6.45. The highest BCUT2D eigenvalue weighted by Gasteiger charge is 2.30. The first kappa shape index (κ1) is 13.7. The van der Waals surface area contributed by atoms with Crippen LogP contribution >= 0.6 is 11.8 Å². The molecular weight excluding hydrogens is 248 g/mol. The topological polar surface area (TPSA) is 63.4 Å². The molecule has 1 aliphatic heterocycles. The van der Waals surface area contributed by atoms with E-state index in [2.05, 4.69) is 0 Å². The first-order chi connectivity index (χ1) is 8.68. The van der Waals surface area contributed by atoms with Crippen LogP contribution in [0.4, 0.5) is 0 Å². The van der Waals surface area contributed by atoms with Crippen molar-refractivity contribution < 1.29 is 9.59 Å². The summed E-state index contributed by atoms with van der Waals surface area (Å²) in [6.45, 7) is 0.692. The Morgan fingerprint density at radius 2 is 1.78 bits per heavy atom. The molecule has 102 valence electrons. The molecular formula is C13H22N2O2S. The normalized spacial score (nSPS) is 25.3. The van der Waals surface area contributed by atoms with Gasteiger partial charge in [-0.25, -0.2) is 0 Å². The molecule has 0 radical (unpaired) electrons. The van der Waals surface area contributed by atoms with E-state index in [1.807, 2.05) is 0 Å². The van der Waals surface area contributed by atoms with Crippen molar-refractivity contribution in [1.29, 1.82) is 0 Å². The molecule has 1 aliphatic carbocycles. The summed E-state index contributed by atoms with van der Waals surface area (Å²) in [6, 6.07) is -0.365. The molecule has 0 bridgehead atoms. The van der Waals surface area contributed by atoms with Crippen LogP contribution in [0.1, 0.15) is 44.9 Å². The third-order valence-electron chi connectivity index (χ3n) is 3.90. The minimum atomic E-state index is -0.365. The van der Waals surface area contributed by atoms with Gasteiger partial charge >= 0.3 is 0 Å². The lowest BCUT2D eigenvalue weighted by molar-refractivity contribution is -0.138. The molecule has 2 rings (SSSR count). The first-order valence-electron chi connectivity index (χ1n) is 6.89. The molecule has 0 unspecified atom stereocenters. The van der Waals surface area contributed by atoms with Crippen molar-refractivity contribution in [3.8, 4) is 0 Å². The van der Waals surface area contributed by atoms with Crippen molar-refractivity contribution in [1.82, 2.24) is 4.90 Å². The third kappa shape index (κ3) is 3.40. The molecule has 2 aliphatic rings. The zero-order valence-electron chi connectivity index (χ0n) is 10.8. The van der Waals surface area contributed by atoms with Crippen LogP contribution in [0.25, 0.3) is 0 Å². The van der Waals surface area contributed by atoms with Crippen molar-refractivity contribution >= 4 is 23.6 Å². The van der Waals surface area contributed by atoms with E-state index in [1.54, 1.807) is 16.7 Å². The van der Waals surface area contributed by atoms with E-state index in [0.717, 1.165) is 19.3 Å². The zero-order chi connectivity index (χ0) is 13.0. The fraction of sp³-hybridized carbons (Fsp3) is 0.846. The van der Waals surface area contributed by atoms with Crippen LogP contribution in [0.15, 0.2) is 0 Å². The van der Waals surface area contributed by atoms with Gasteiger partial charge in [0.15, 0.2) is 0 Å². The Labute approximate surface area is 113 Å². The second-order valence-electron chi connectivity index (χ2n) is 5.22. The summed E-state index contributed by atoms with van der Waals surface area (Å²) < 4.78 is 0. The summed E-state index contributed by atoms with van der Waals surface area (Å²) in [7, 11) is 0. The van der Waals surface area contributed by atoms with Crippen LogP contribution in [0.3, 0.4) is 0 Å². The predicted molar refractivity (Wildman–Crippen MR) is 73.3 cm³/mol. The molecule has 1 saturated carbocycles. The van der Waals surface area contributed by atoms with Crippen LogP contribution in [0.5, 0.6) is 0 Å². The third-order valence-corrected chi connectivity index (χ3v) is 5.25. The maximum atomic E-state index is 12.2. The number of primary amides is 1. The van der Waals surface area contributed by atoms with Crippen LogP contribution in [0, 0.1) is 0 Å². The molecule has 0 aromatic rings. The van der Waals surface area contributed by atoms with Gasteiger partial charge in [-0.3, -0.25) is 9.59 Å². The van der Waals surface area contributed by atoms with E-state index in [0.29, 0.717) is 17.5 Å². The lowest BCUT2D eigenvalue weighted by atomic mass is 10.0.